The number of aliphatic carboxylic acids is 1. The third-order valence-corrected chi connectivity index (χ3v) is 4.55. The molecule has 0 saturated carbocycles. The summed E-state index contributed by atoms with van der Waals surface area (Å²) in [6, 6.07) is 6.41. The summed E-state index contributed by atoms with van der Waals surface area (Å²) < 4.78 is 0. The molecule has 0 saturated heterocycles. The van der Waals surface area contributed by atoms with Gasteiger partial charge in [0, 0.05) is 24.4 Å². The van der Waals surface area contributed by atoms with E-state index in [0.29, 0.717) is 24.2 Å². The first-order valence-corrected chi connectivity index (χ1v) is 7.34. The molecule has 0 bridgehead atoms. The molecule has 1 unspecified atom stereocenters. The first kappa shape index (κ1) is 15.0. The molecule has 0 fully saturated rings. The Labute approximate surface area is 133 Å². The normalized spacial score (nSPS) is 22.4. The third kappa shape index (κ3) is 2.14. The molecule has 1 aromatic carbocycles. The van der Waals surface area contributed by atoms with Crippen LogP contribution in [0.25, 0.3) is 0 Å². The molecule has 2 aliphatic heterocycles. The average Bonchev–Trinajstić information content (AvgIpc) is 2.90. The summed E-state index contributed by atoms with van der Waals surface area (Å²) >= 11 is 0. The average molecular weight is 312 g/mol. The predicted octanol–water partition coefficient (Wildman–Crippen LogP) is 2.98. The fourth-order valence-corrected chi connectivity index (χ4v) is 3.51. The standard InChI is InChI=1S/C17H16N2O4/c1-2-17(12-7-3-4-8-13(12)19(22)23)11-18-10-6-5-9-14(18)15(17)16(20)21/h3-10H,2,11H2,1H3,(H,20,21). The van der Waals surface area contributed by atoms with E-state index in [1.807, 2.05) is 24.1 Å². The van der Waals surface area contributed by atoms with E-state index < -0.39 is 16.3 Å². The Bertz CT molecular complexity index is 779. The maximum absolute atomic E-state index is 12.0. The number of carboxylic acids is 1. The smallest absolute Gasteiger partial charge is 0.334 e. The molecule has 1 N–H and O–H groups in total. The molecule has 0 radical (unpaired) electrons. The van der Waals surface area contributed by atoms with Crippen LogP contribution < -0.4 is 0 Å². The van der Waals surface area contributed by atoms with Crippen molar-refractivity contribution in [2.45, 2.75) is 18.8 Å². The quantitative estimate of drug-likeness (QED) is 0.682. The molecular formula is C17H16N2O4. The van der Waals surface area contributed by atoms with Gasteiger partial charge in [0.15, 0.2) is 0 Å². The van der Waals surface area contributed by atoms with Crippen LogP contribution >= 0.6 is 0 Å². The van der Waals surface area contributed by atoms with E-state index in [9.17, 15) is 20.0 Å². The van der Waals surface area contributed by atoms with E-state index in [2.05, 4.69) is 0 Å². The third-order valence-electron chi connectivity index (χ3n) is 4.55. The number of nitrogens with zero attached hydrogens (tertiary/aromatic N) is 2. The Morgan fingerprint density at radius 3 is 2.78 bits per heavy atom. The lowest BCUT2D eigenvalue weighted by atomic mass is 9.72. The lowest BCUT2D eigenvalue weighted by molar-refractivity contribution is -0.386. The van der Waals surface area contributed by atoms with Crippen LogP contribution in [0.3, 0.4) is 0 Å². The number of carboxylic acid groups (broad SMARTS) is 1. The van der Waals surface area contributed by atoms with Crippen LogP contribution in [0.2, 0.25) is 0 Å². The van der Waals surface area contributed by atoms with E-state index in [1.54, 1.807) is 30.4 Å². The summed E-state index contributed by atoms with van der Waals surface area (Å²) in [5.74, 6) is -1.04. The van der Waals surface area contributed by atoms with E-state index >= 15 is 0 Å². The largest absolute Gasteiger partial charge is 0.478 e. The molecule has 1 atom stereocenters. The minimum atomic E-state index is -1.04. The molecule has 2 aliphatic rings. The maximum atomic E-state index is 12.0. The van der Waals surface area contributed by atoms with Gasteiger partial charge in [-0.05, 0) is 18.6 Å². The number of para-hydroxylation sites is 1. The van der Waals surface area contributed by atoms with Gasteiger partial charge in [0.05, 0.1) is 21.6 Å². The van der Waals surface area contributed by atoms with Crippen LogP contribution in [-0.2, 0) is 10.2 Å². The van der Waals surface area contributed by atoms with E-state index in [4.69, 9.17) is 0 Å². The van der Waals surface area contributed by atoms with Gasteiger partial charge in [-0.15, -0.1) is 0 Å². The molecule has 0 aromatic heterocycles. The van der Waals surface area contributed by atoms with Crippen LogP contribution in [0, 0.1) is 10.1 Å². The Kier molecular flexibility index (Phi) is 3.52. The van der Waals surface area contributed by atoms with Crippen LogP contribution in [-0.4, -0.2) is 27.4 Å². The van der Waals surface area contributed by atoms with Gasteiger partial charge in [0.1, 0.15) is 0 Å². The summed E-state index contributed by atoms with van der Waals surface area (Å²) in [5, 5.41) is 21.2. The SMILES string of the molecule is CCC1(c2ccccc2[N+](=O)[O-])CN2C=CC=CC2=C1C(=O)O. The van der Waals surface area contributed by atoms with Crippen molar-refractivity contribution in [1.29, 1.82) is 0 Å². The van der Waals surface area contributed by atoms with Crippen molar-refractivity contribution in [3.8, 4) is 0 Å². The van der Waals surface area contributed by atoms with E-state index in [-0.39, 0.29) is 11.3 Å². The topological polar surface area (TPSA) is 83.7 Å². The molecule has 2 heterocycles. The van der Waals surface area contributed by atoms with E-state index in [1.165, 1.54) is 6.07 Å². The second kappa shape index (κ2) is 5.39. The van der Waals surface area contributed by atoms with Gasteiger partial charge in [0.2, 0.25) is 0 Å². The van der Waals surface area contributed by atoms with Crippen molar-refractivity contribution >= 4 is 11.7 Å². The van der Waals surface area contributed by atoms with Crippen molar-refractivity contribution < 1.29 is 14.8 Å². The first-order chi connectivity index (χ1) is 11.0. The zero-order valence-electron chi connectivity index (χ0n) is 12.6. The van der Waals surface area contributed by atoms with Crippen molar-refractivity contribution in [1.82, 2.24) is 4.90 Å². The van der Waals surface area contributed by atoms with Gasteiger partial charge in [-0.2, -0.15) is 0 Å². The van der Waals surface area contributed by atoms with Crippen LogP contribution in [0.5, 0.6) is 0 Å². The van der Waals surface area contributed by atoms with Gasteiger partial charge < -0.3 is 10.0 Å². The Morgan fingerprint density at radius 1 is 1.39 bits per heavy atom. The molecule has 0 amide bonds. The lowest BCUT2D eigenvalue weighted by Crippen LogP contribution is -2.35. The van der Waals surface area contributed by atoms with Crippen molar-refractivity contribution in [3.05, 3.63) is 75.6 Å². The molecule has 23 heavy (non-hydrogen) atoms. The van der Waals surface area contributed by atoms with Gasteiger partial charge in [-0.25, -0.2) is 4.79 Å². The van der Waals surface area contributed by atoms with Crippen LogP contribution in [0.1, 0.15) is 18.9 Å². The van der Waals surface area contributed by atoms with E-state index in [0.717, 1.165) is 0 Å². The Balaban J connectivity index is 2.29. The molecule has 0 aliphatic carbocycles. The summed E-state index contributed by atoms with van der Waals surface area (Å²) in [5.41, 5.74) is 0.314. The van der Waals surface area contributed by atoms with Crippen molar-refractivity contribution in [2.75, 3.05) is 6.54 Å². The zero-order chi connectivity index (χ0) is 16.6. The highest BCUT2D eigenvalue weighted by molar-refractivity contribution is 5.93. The number of fused-ring (bicyclic) bond motifs is 1. The predicted molar refractivity (Wildman–Crippen MR) is 84.7 cm³/mol. The Hall–Kier alpha value is -2.89. The highest BCUT2D eigenvalue weighted by Crippen LogP contribution is 2.48. The first-order valence-electron chi connectivity index (χ1n) is 7.34. The summed E-state index contributed by atoms with van der Waals surface area (Å²) in [6.07, 6.45) is 7.62. The van der Waals surface area contributed by atoms with Gasteiger partial charge in [0.25, 0.3) is 5.69 Å². The number of hydrogen-bond acceptors (Lipinski definition) is 4. The number of nitro groups is 1. The van der Waals surface area contributed by atoms with Crippen molar-refractivity contribution in [3.63, 3.8) is 0 Å². The van der Waals surface area contributed by atoms with Gasteiger partial charge in [-0.1, -0.05) is 31.2 Å². The summed E-state index contributed by atoms with van der Waals surface area (Å²) in [6.45, 7) is 2.25. The van der Waals surface area contributed by atoms with Crippen LogP contribution in [0.4, 0.5) is 5.69 Å². The van der Waals surface area contributed by atoms with Crippen molar-refractivity contribution in [2.24, 2.45) is 0 Å². The maximum Gasteiger partial charge on any atom is 0.334 e. The number of nitro benzene ring substituents is 1. The van der Waals surface area contributed by atoms with Gasteiger partial charge in [-0.3, -0.25) is 10.1 Å². The Morgan fingerprint density at radius 2 is 2.13 bits per heavy atom. The molecule has 1 aromatic rings. The fraction of sp³-hybridized carbons (Fsp3) is 0.235. The summed E-state index contributed by atoms with van der Waals surface area (Å²) in [7, 11) is 0. The molecule has 3 rings (SSSR count). The molecule has 6 nitrogen and oxygen atoms in total. The number of benzene rings is 1. The zero-order valence-corrected chi connectivity index (χ0v) is 12.6. The molecule has 118 valence electrons. The van der Waals surface area contributed by atoms with Crippen LogP contribution in [0.15, 0.2) is 60.0 Å². The number of carbonyl (C=O) groups is 1. The molecule has 0 spiro atoms. The second-order valence-electron chi connectivity index (χ2n) is 5.60. The minimum absolute atomic E-state index is 0.0403. The number of rotatable bonds is 4. The minimum Gasteiger partial charge on any atom is -0.478 e. The monoisotopic (exact) mass is 312 g/mol. The van der Waals surface area contributed by atoms with Gasteiger partial charge >= 0.3 is 5.97 Å². The lowest BCUT2D eigenvalue weighted by Gasteiger charge is -2.30. The summed E-state index contributed by atoms with van der Waals surface area (Å²) in [4.78, 5) is 24.8. The highest BCUT2D eigenvalue weighted by Gasteiger charge is 2.50. The molecule has 6 heteroatoms. The second-order valence-corrected chi connectivity index (χ2v) is 5.60. The number of hydrogen-bond donors (Lipinski definition) is 1. The molecular weight excluding hydrogens is 296 g/mol. The highest BCUT2D eigenvalue weighted by atomic mass is 16.6. The fourth-order valence-electron chi connectivity index (χ4n) is 3.51. The number of allylic oxidation sites excluding steroid dienone is 3.